The van der Waals surface area contributed by atoms with Crippen LogP contribution in [0.25, 0.3) is 0 Å². The predicted octanol–water partition coefficient (Wildman–Crippen LogP) is 3.14. The Morgan fingerprint density at radius 1 is 1.11 bits per heavy atom. The van der Waals surface area contributed by atoms with Gasteiger partial charge in [0.05, 0.1) is 0 Å². The molecule has 1 aliphatic rings. The molecule has 9 heavy (non-hydrogen) atoms. The number of rotatable bonds is 1. The molecule has 0 heteroatoms. The molecule has 0 bridgehead atoms. The maximum atomic E-state index is 2.36. The zero-order valence-corrected chi connectivity index (χ0v) is 6.27. The zero-order chi connectivity index (χ0) is 6.53. The van der Waals surface area contributed by atoms with Crippen LogP contribution in [0.4, 0.5) is 0 Å². The standard InChI is InChI=1S/C9H16/c1-2-6-9-7-4-3-5-8-9/h2,6,9H,3-5,7-8H2,1H3/b6-2-. The van der Waals surface area contributed by atoms with Crippen molar-refractivity contribution < 1.29 is 0 Å². The number of hydrogen-bond acceptors (Lipinski definition) is 0. The van der Waals surface area contributed by atoms with Crippen LogP contribution in [-0.4, -0.2) is 0 Å². The molecule has 0 nitrogen and oxygen atoms in total. The lowest BCUT2D eigenvalue weighted by molar-refractivity contribution is 0.419. The smallest absolute Gasteiger partial charge is 0.0234 e. The molecule has 0 heterocycles. The topological polar surface area (TPSA) is 0 Å². The second kappa shape index (κ2) is 3.71. The van der Waals surface area contributed by atoms with Gasteiger partial charge in [0.25, 0.3) is 0 Å². The second-order valence-electron chi connectivity index (χ2n) is 2.92. The van der Waals surface area contributed by atoms with Gasteiger partial charge in [-0.1, -0.05) is 31.4 Å². The average molecular weight is 124 g/mol. The quantitative estimate of drug-likeness (QED) is 0.471. The van der Waals surface area contributed by atoms with Gasteiger partial charge < -0.3 is 0 Å². The Hall–Kier alpha value is -0.260. The van der Waals surface area contributed by atoms with Gasteiger partial charge in [0, 0.05) is 0 Å². The summed E-state index contributed by atoms with van der Waals surface area (Å²) in [6.45, 7) is 2.12. The van der Waals surface area contributed by atoms with E-state index in [0.717, 1.165) is 5.92 Å². The lowest BCUT2D eigenvalue weighted by Gasteiger charge is -2.17. The van der Waals surface area contributed by atoms with E-state index < -0.39 is 0 Å². The fourth-order valence-electron chi connectivity index (χ4n) is 1.60. The molecule has 0 aliphatic heterocycles. The summed E-state index contributed by atoms with van der Waals surface area (Å²) in [5.74, 6) is 0.920. The molecule has 1 saturated carbocycles. The van der Waals surface area contributed by atoms with Crippen molar-refractivity contribution in [2.24, 2.45) is 5.92 Å². The molecule has 0 radical (unpaired) electrons. The van der Waals surface area contributed by atoms with Crippen LogP contribution in [0.15, 0.2) is 12.2 Å². The minimum absolute atomic E-state index is 0.920. The normalized spacial score (nSPS) is 23.2. The summed E-state index contributed by atoms with van der Waals surface area (Å²) in [4.78, 5) is 0. The van der Waals surface area contributed by atoms with Crippen molar-refractivity contribution in [2.75, 3.05) is 0 Å². The van der Waals surface area contributed by atoms with Crippen LogP contribution < -0.4 is 0 Å². The van der Waals surface area contributed by atoms with Gasteiger partial charge >= 0.3 is 0 Å². The molecule has 0 aromatic rings. The number of allylic oxidation sites excluding steroid dienone is 2. The first-order valence-electron chi connectivity index (χ1n) is 4.06. The highest BCUT2D eigenvalue weighted by Crippen LogP contribution is 2.24. The molecule has 1 rings (SSSR count). The Labute approximate surface area is 58.0 Å². The third-order valence-corrected chi connectivity index (χ3v) is 2.11. The molecule has 0 saturated heterocycles. The first-order valence-corrected chi connectivity index (χ1v) is 4.06. The molecule has 0 N–H and O–H groups in total. The maximum Gasteiger partial charge on any atom is -0.0234 e. The minimum atomic E-state index is 0.920. The molecule has 1 aliphatic carbocycles. The first-order chi connectivity index (χ1) is 4.43. The van der Waals surface area contributed by atoms with Crippen molar-refractivity contribution in [3.8, 4) is 0 Å². The van der Waals surface area contributed by atoms with Gasteiger partial charge in [-0.25, -0.2) is 0 Å². The molecule has 0 aromatic carbocycles. The van der Waals surface area contributed by atoms with Crippen molar-refractivity contribution >= 4 is 0 Å². The minimum Gasteiger partial charge on any atom is -0.0914 e. The van der Waals surface area contributed by atoms with E-state index in [0.29, 0.717) is 0 Å². The molecule has 52 valence electrons. The van der Waals surface area contributed by atoms with E-state index in [-0.39, 0.29) is 0 Å². The summed E-state index contributed by atoms with van der Waals surface area (Å²) in [5.41, 5.74) is 0. The Morgan fingerprint density at radius 2 is 1.78 bits per heavy atom. The molecule has 1 fully saturated rings. The molecular formula is C9H16. The highest BCUT2D eigenvalue weighted by atomic mass is 14.1. The van der Waals surface area contributed by atoms with Crippen LogP contribution in [0.2, 0.25) is 0 Å². The van der Waals surface area contributed by atoms with Crippen molar-refractivity contribution in [3.63, 3.8) is 0 Å². The summed E-state index contributed by atoms with van der Waals surface area (Å²) in [5, 5.41) is 0. The lowest BCUT2D eigenvalue weighted by Crippen LogP contribution is -2.01. The molecule has 0 spiro atoms. The molecule has 0 amide bonds. The van der Waals surface area contributed by atoms with Crippen LogP contribution >= 0.6 is 0 Å². The van der Waals surface area contributed by atoms with E-state index in [1.54, 1.807) is 0 Å². The van der Waals surface area contributed by atoms with Gasteiger partial charge in [-0.2, -0.15) is 0 Å². The third-order valence-electron chi connectivity index (χ3n) is 2.11. The van der Waals surface area contributed by atoms with Crippen molar-refractivity contribution in [3.05, 3.63) is 12.2 Å². The summed E-state index contributed by atoms with van der Waals surface area (Å²) in [7, 11) is 0. The fourth-order valence-corrected chi connectivity index (χ4v) is 1.60. The predicted molar refractivity (Wildman–Crippen MR) is 41.4 cm³/mol. The molecule has 0 unspecified atom stereocenters. The van der Waals surface area contributed by atoms with E-state index in [4.69, 9.17) is 0 Å². The Kier molecular flexibility index (Phi) is 2.82. The summed E-state index contributed by atoms with van der Waals surface area (Å²) >= 11 is 0. The van der Waals surface area contributed by atoms with Gasteiger partial charge in [0.2, 0.25) is 0 Å². The monoisotopic (exact) mass is 124 g/mol. The first kappa shape index (κ1) is 6.85. The van der Waals surface area contributed by atoms with Crippen LogP contribution in [0, 0.1) is 5.92 Å². The van der Waals surface area contributed by atoms with Crippen molar-refractivity contribution in [1.29, 1.82) is 0 Å². The Balaban J connectivity index is 2.23. The van der Waals surface area contributed by atoms with Gasteiger partial charge in [-0.3, -0.25) is 0 Å². The van der Waals surface area contributed by atoms with E-state index in [9.17, 15) is 0 Å². The van der Waals surface area contributed by atoms with Crippen LogP contribution in [0.5, 0.6) is 0 Å². The fraction of sp³-hybridized carbons (Fsp3) is 0.778. The van der Waals surface area contributed by atoms with E-state index in [1.165, 1.54) is 32.1 Å². The van der Waals surface area contributed by atoms with E-state index in [2.05, 4.69) is 19.1 Å². The average Bonchev–Trinajstić information content (AvgIpc) is 1.91. The van der Waals surface area contributed by atoms with E-state index >= 15 is 0 Å². The summed E-state index contributed by atoms with van der Waals surface area (Å²) in [6.07, 6.45) is 11.8. The van der Waals surface area contributed by atoms with Gasteiger partial charge in [0.1, 0.15) is 0 Å². The highest BCUT2D eigenvalue weighted by molar-refractivity contribution is 4.86. The van der Waals surface area contributed by atoms with Gasteiger partial charge in [-0.05, 0) is 25.7 Å². The van der Waals surface area contributed by atoms with Crippen LogP contribution in [0.1, 0.15) is 39.0 Å². The largest absolute Gasteiger partial charge is 0.0914 e. The number of hydrogen-bond donors (Lipinski definition) is 0. The third kappa shape index (κ3) is 2.21. The highest BCUT2D eigenvalue weighted by Gasteiger charge is 2.08. The van der Waals surface area contributed by atoms with Gasteiger partial charge in [-0.15, -0.1) is 0 Å². The maximum absolute atomic E-state index is 2.36. The molecule has 0 aromatic heterocycles. The summed E-state index contributed by atoms with van der Waals surface area (Å²) in [6, 6.07) is 0. The van der Waals surface area contributed by atoms with E-state index in [1.807, 2.05) is 0 Å². The molecule has 0 atom stereocenters. The van der Waals surface area contributed by atoms with Crippen LogP contribution in [-0.2, 0) is 0 Å². The van der Waals surface area contributed by atoms with Crippen molar-refractivity contribution in [1.82, 2.24) is 0 Å². The second-order valence-corrected chi connectivity index (χ2v) is 2.92. The summed E-state index contributed by atoms with van der Waals surface area (Å²) < 4.78 is 0. The van der Waals surface area contributed by atoms with Gasteiger partial charge in [0.15, 0.2) is 0 Å². The SMILES string of the molecule is C/C=C\C1CCCCC1. The zero-order valence-electron chi connectivity index (χ0n) is 6.27. The Morgan fingerprint density at radius 3 is 2.33 bits per heavy atom. The lowest BCUT2D eigenvalue weighted by atomic mass is 9.89. The molecular weight excluding hydrogens is 108 g/mol. The van der Waals surface area contributed by atoms with Crippen molar-refractivity contribution in [2.45, 2.75) is 39.0 Å². The van der Waals surface area contributed by atoms with Crippen LogP contribution in [0.3, 0.4) is 0 Å². The Bertz CT molecular complexity index is 86.2.